The number of hydrogen-bond donors (Lipinski definition) is 0. The number of rotatable bonds is 6. The van der Waals surface area contributed by atoms with Gasteiger partial charge in [0.25, 0.3) is 0 Å². The van der Waals surface area contributed by atoms with Crippen molar-refractivity contribution in [1.29, 1.82) is 5.26 Å². The maximum Gasteiger partial charge on any atom is 0.173 e. The largest absolute Gasteiger partial charge is 0.291 e. The van der Waals surface area contributed by atoms with Crippen LogP contribution in [0.3, 0.4) is 0 Å². The van der Waals surface area contributed by atoms with E-state index in [2.05, 4.69) is 4.98 Å². The molecule has 0 saturated carbocycles. The molecule has 35 heavy (non-hydrogen) atoms. The third-order valence-corrected chi connectivity index (χ3v) is 7.43. The molecule has 3 nitrogen and oxygen atoms in total. The summed E-state index contributed by atoms with van der Waals surface area (Å²) in [6.07, 6.45) is 1.68. The molecular weight excluding hydrogens is 514 g/mol. The van der Waals surface area contributed by atoms with Crippen LogP contribution in [-0.2, 0) is 11.2 Å². The van der Waals surface area contributed by atoms with Crippen LogP contribution in [-0.4, -0.2) is 9.55 Å². The second-order valence-electron chi connectivity index (χ2n) is 8.31. The van der Waals surface area contributed by atoms with Crippen molar-refractivity contribution in [2.75, 3.05) is 0 Å². The first-order chi connectivity index (χ1) is 16.6. The molecule has 0 N–H and O–H groups in total. The Balaban J connectivity index is 1.78. The van der Waals surface area contributed by atoms with Crippen molar-refractivity contribution in [3.63, 3.8) is 0 Å². The van der Waals surface area contributed by atoms with Crippen LogP contribution in [0.2, 0.25) is 10.0 Å². The molecular formula is C26H18Cl2F3N3S. The SMILES string of the molecule is CC(C)(c1ccc(Cl)c(Cl)c1)c1cnc(SCc2c(F)cc(C#N)cc2F)n1-c1ccc(F)cc1. The lowest BCUT2D eigenvalue weighted by Crippen LogP contribution is -2.23. The van der Waals surface area contributed by atoms with E-state index in [1.807, 2.05) is 24.5 Å². The van der Waals surface area contributed by atoms with Crippen molar-refractivity contribution in [1.82, 2.24) is 9.55 Å². The molecule has 178 valence electrons. The lowest BCUT2D eigenvalue weighted by atomic mass is 9.81. The highest BCUT2D eigenvalue weighted by molar-refractivity contribution is 7.98. The van der Waals surface area contributed by atoms with Crippen molar-refractivity contribution in [3.8, 4) is 11.8 Å². The Labute approximate surface area is 215 Å². The first-order valence-corrected chi connectivity index (χ1v) is 12.2. The fraction of sp³-hybridized carbons (Fsp3) is 0.154. The summed E-state index contributed by atoms with van der Waals surface area (Å²) in [4.78, 5) is 4.53. The number of hydrogen-bond acceptors (Lipinski definition) is 3. The van der Waals surface area contributed by atoms with Gasteiger partial charge in [0, 0.05) is 22.4 Å². The molecule has 0 aliphatic heterocycles. The molecule has 0 aliphatic carbocycles. The average molecular weight is 532 g/mol. The molecule has 0 unspecified atom stereocenters. The molecule has 9 heteroatoms. The molecule has 4 aromatic rings. The van der Waals surface area contributed by atoms with E-state index in [0.29, 0.717) is 20.9 Å². The van der Waals surface area contributed by atoms with Gasteiger partial charge >= 0.3 is 0 Å². The summed E-state index contributed by atoms with van der Waals surface area (Å²) >= 11 is 13.5. The normalized spacial score (nSPS) is 11.5. The molecule has 0 fully saturated rings. The third kappa shape index (κ3) is 5.06. The molecule has 0 aliphatic rings. The lowest BCUT2D eigenvalue weighted by molar-refractivity contribution is 0.565. The molecule has 0 radical (unpaired) electrons. The molecule has 3 aromatic carbocycles. The zero-order valence-corrected chi connectivity index (χ0v) is 20.9. The zero-order valence-electron chi connectivity index (χ0n) is 18.6. The number of imidazole rings is 1. The zero-order chi connectivity index (χ0) is 25.3. The minimum atomic E-state index is -0.801. The fourth-order valence-corrected chi connectivity index (χ4v) is 5.00. The minimum absolute atomic E-state index is 0.0613. The van der Waals surface area contributed by atoms with E-state index in [-0.39, 0.29) is 16.9 Å². The third-order valence-electron chi connectivity index (χ3n) is 5.71. The van der Waals surface area contributed by atoms with Crippen molar-refractivity contribution < 1.29 is 13.2 Å². The second-order valence-corrected chi connectivity index (χ2v) is 10.1. The molecule has 4 rings (SSSR count). The minimum Gasteiger partial charge on any atom is -0.291 e. The van der Waals surface area contributed by atoms with E-state index in [9.17, 15) is 13.2 Å². The maximum absolute atomic E-state index is 14.5. The van der Waals surface area contributed by atoms with Gasteiger partial charge in [-0.25, -0.2) is 18.2 Å². The molecule has 0 atom stereocenters. The van der Waals surface area contributed by atoms with Gasteiger partial charge in [-0.2, -0.15) is 5.26 Å². The van der Waals surface area contributed by atoms with Crippen molar-refractivity contribution >= 4 is 35.0 Å². The average Bonchev–Trinajstić information content (AvgIpc) is 3.25. The Kier molecular flexibility index (Phi) is 7.18. The Morgan fingerprint density at radius 1 is 0.971 bits per heavy atom. The van der Waals surface area contributed by atoms with Gasteiger partial charge in [0.2, 0.25) is 0 Å². The van der Waals surface area contributed by atoms with Gasteiger partial charge in [-0.1, -0.05) is 54.9 Å². The van der Waals surface area contributed by atoms with Crippen LogP contribution in [0.5, 0.6) is 0 Å². The van der Waals surface area contributed by atoms with Gasteiger partial charge in [0.15, 0.2) is 5.16 Å². The second kappa shape index (κ2) is 9.98. The van der Waals surface area contributed by atoms with Gasteiger partial charge in [-0.15, -0.1) is 0 Å². The summed E-state index contributed by atoms with van der Waals surface area (Å²) < 4.78 is 44.4. The summed E-state index contributed by atoms with van der Waals surface area (Å²) in [5.74, 6) is -2.06. The fourth-order valence-electron chi connectivity index (χ4n) is 3.69. The van der Waals surface area contributed by atoms with Crippen molar-refractivity contribution in [3.05, 3.63) is 111 Å². The summed E-state index contributed by atoms with van der Waals surface area (Å²) in [6, 6.07) is 15.0. The monoisotopic (exact) mass is 531 g/mol. The van der Waals surface area contributed by atoms with E-state index in [1.165, 1.54) is 12.1 Å². The van der Waals surface area contributed by atoms with E-state index < -0.39 is 22.9 Å². The number of benzene rings is 3. The molecule has 1 aromatic heterocycles. The number of thioether (sulfide) groups is 1. The summed E-state index contributed by atoms with van der Waals surface area (Å²) in [5.41, 5.74) is 1.40. The van der Waals surface area contributed by atoms with Gasteiger partial charge in [-0.3, -0.25) is 4.57 Å². The van der Waals surface area contributed by atoms with Crippen molar-refractivity contribution in [2.24, 2.45) is 0 Å². The van der Waals surface area contributed by atoms with Crippen LogP contribution in [0, 0.1) is 28.8 Å². The number of aromatic nitrogens is 2. The van der Waals surface area contributed by atoms with Crippen LogP contribution in [0.25, 0.3) is 5.69 Å². The Bertz CT molecular complexity index is 1420. The smallest absolute Gasteiger partial charge is 0.173 e. The summed E-state index contributed by atoms with van der Waals surface area (Å²) in [6.45, 7) is 3.97. The van der Waals surface area contributed by atoms with Gasteiger partial charge < -0.3 is 0 Å². The van der Waals surface area contributed by atoms with E-state index in [4.69, 9.17) is 28.5 Å². The quantitative estimate of drug-likeness (QED) is 0.236. The number of nitriles is 1. The standard InChI is InChI=1S/C26H18Cl2F3N3S/c1-26(2,16-3-8-20(27)21(28)11-16)24-13-33-25(34(24)18-6-4-17(29)5-7-18)35-14-19-22(30)9-15(12-32)10-23(19)31/h3-11,13H,14H2,1-2H3. The Hall–Kier alpha value is -2.92. The van der Waals surface area contributed by atoms with E-state index in [0.717, 1.165) is 35.2 Å². The summed E-state index contributed by atoms with van der Waals surface area (Å²) in [7, 11) is 0. The van der Waals surface area contributed by atoms with Gasteiger partial charge in [0.05, 0.1) is 33.6 Å². The van der Waals surface area contributed by atoms with E-state index >= 15 is 0 Å². The van der Waals surface area contributed by atoms with Crippen LogP contribution in [0.15, 0.2) is 66.0 Å². The predicted octanol–water partition coefficient (Wildman–Crippen LogP) is 8.09. The predicted molar refractivity (Wildman–Crippen MR) is 133 cm³/mol. The number of nitrogens with zero attached hydrogens (tertiary/aromatic N) is 3. The Morgan fingerprint density at radius 3 is 2.23 bits per heavy atom. The van der Waals surface area contributed by atoms with Gasteiger partial charge in [0.1, 0.15) is 17.5 Å². The molecule has 1 heterocycles. The van der Waals surface area contributed by atoms with Crippen LogP contribution in [0.1, 0.15) is 36.2 Å². The van der Waals surface area contributed by atoms with Gasteiger partial charge in [-0.05, 0) is 54.1 Å². The first-order valence-electron chi connectivity index (χ1n) is 10.4. The first kappa shape index (κ1) is 25.2. The molecule has 0 spiro atoms. The highest BCUT2D eigenvalue weighted by Gasteiger charge is 2.30. The number of halogens is 5. The molecule has 0 amide bonds. The lowest BCUT2D eigenvalue weighted by Gasteiger charge is -2.28. The summed E-state index contributed by atoms with van der Waals surface area (Å²) in [5, 5.41) is 10.2. The maximum atomic E-state index is 14.5. The highest BCUT2D eigenvalue weighted by Crippen LogP contribution is 2.38. The topological polar surface area (TPSA) is 41.6 Å². The van der Waals surface area contributed by atoms with Crippen LogP contribution in [0.4, 0.5) is 13.2 Å². The molecule has 0 saturated heterocycles. The van der Waals surface area contributed by atoms with E-state index in [1.54, 1.807) is 36.5 Å². The van der Waals surface area contributed by atoms with Crippen molar-refractivity contribution in [2.45, 2.75) is 30.2 Å². The van der Waals surface area contributed by atoms with Crippen LogP contribution >= 0.6 is 35.0 Å². The highest BCUT2D eigenvalue weighted by atomic mass is 35.5. The molecule has 0 bridgehead atoms. The van der Waals surface area contributed by atoms with Crippen LogP contribution < -0.4 is 0 Å². The Morgan fingerprint density at radius 2 is 1.63 bits per heavy atom.